The lowest BCUT2D eigenvalue weighted by atomic mass is 9.97. The molecule has 1 atom stereocenters. The van der Waals surface area contributed by atoms with Gasteiger partial charge < -0.3 is 5.11 Å². The number of benzene rings is 4. The lowest BCUT2D eigenvalue weighted by molar-refractivity contribution is 0.478. The Balaban J connectivity index is 1.57. The van der Waals surface area contributed by atoms with E-state index in [1.807, 2.05) is 114 Å². The molecule has 1 unspecified atom stereocenters. The summed E-state index contributed by atoms with van der Waals surface area (Å²) in [4.78, 5) is 14.0. The van der Waals surface area contributed by atoms with Crippen LogP contribution in [0.4, 0.5) is 5.69 Å². The van der Waals surface area contributed by atoms with Crippen LogP contribution in [0.2, 0.25) is 5.02 Å². The third kappa shape index (κ3) is 3.74. The summed E-state index contributed by atoms with van der Waals surface area (Å²) in [6.45, 7) is 0. The van der Waals surface area contributed by atoms with Gasteiger partial charge in [-0.15, -0.1) is 0 Å². The van der Waals surface area contributed by atoms with Crippen LogP contribution in [0.1, 0.15) is 23.6 Å². The summed E-state index contributed by atoms with van der Waals surface area (Å²) in [7, 11) is 0. The molecule has 1 N–H and O–H groups in total. The Bertz CT molecular complexity index is 1650. The molecule has 0 saturated carbocycles. The van der Waals surface area contributed by atoms with Crippen LogP contribution in [0, 0.1) is 0 Å². The van der Waals surface area contributed by atoms with E-state index >= 15 is 0 Å². The second-order valence-corrected chi connectivity index (χ2v) is 9.15. The highest BCUT2D eigenvalue weighted by atomic mass is 35.5. The lowest BCUT2D eigenvalue weighted by Gasteiger charge is -2.24. The molecule has 1 aromatic heterocycles. The van der Waals surface area contributed by atoms with Gasteiger partial charge in [-0.3, -0.25) is 14.4 Å². The number of pyridine rings is 1. The van der Waals surface area contributed by atoms with E-state index in [4.69, 9.17) is 16.7 Å². The van der Waals surface area contributed by atoms with Crippen LogP contribution in [0.15, 0.2) is 119 Å². The first-order valence-electron chi connectivity index (χ1n) is 11.7. The van der Waals surface area contributed by atoms with E-state index in [0.717, 1.165) is 16.9 Å². The van der Waals surface area contributed by atoms with E-state index in [2.05, 4.69) is 0 Å². The van der Waals surface area contributed by atoms with Crippen molar-refractivity contribution < 1.29 is 5.11 Å². The smallest absolute Gasteiger partial charge is 0.268 e. The Kier molecular flexibility index (Phi) is 5.55. The SMILES string of the molecule is O=c1c(C2=NN(c3ccccc3)C(c3ccc(Cl)cc3)C2)c(O)c2ccccc2n1-c1ccccc1. The normalized spacial score (nSPS) is 15.3. The summed E-state index contributed by atoms with van der Waals surface area (Å²) < 4.78 is 1.65. The van der Waals surface area contributed by atoms with E-state index in [-0.39, 0.29) is 22.9 Å². The van der Waals surface area contributed by atoms with Gasteiger partial charge in [-0.1, -0.05) is 72.3 Å². The number of hydrazone groups is 1. The number of anilines is 1. The number of fused-ring (bicyclic) bond motifs is 1. The maximum Gasteiger partial charge on any atom is 0.268 e. The molecule has 36 heavy (non-hydrogen) atoms. The van der Waals surface area contributed by atoms with Crippen LogP contribution >= 0.6 is 11.6 Å². The number of hydrogen-bond acceptors (Lipinski definition) is 4. The molecule has 5 nitrogen and oxygen atoms in total. The van der Waals surface area contributed by atoms with Gasteiger partial charge in [-0.05, 0) is 54.1 Å². The maximum absolute atomic E-state index is 14.0. The van der Waals surface area contributed by atoms with Crippen molar-refractivity contribution in [3.8, 4) is 11.4 Å². The Morgan fingerprint density at radius 1 is 0.778 bits per heavy atom. The number of nitrogens with zero attached hydrogens (tertiary/aromatic N) is 3. The summed E-state index contributed by atoms with van der Waals surface area (Å²) >= 11 is 6.15. The van der Waals surface area contributed by atoms with E-state index in [1.165, 1.54) is 0 Å². The van der Waals surface area contributed by atoms with Gasteiger partial charge in [0.25, 0.3) is 5.56 Å². The Morgan fingerprint density at radius 3 is 2.08 bits per heavy atom. The van der Waals surface area contributed by atoms with E-state index in [1.54, 1.807) is 4.57 Å². The third-order valence-corrected chi connectivity index (χ3v) is 6.79. The fraction of sp³-hybridized carbons (Fsp3) is 0.0667. The van der Waals surface area contributed by atoms with Crippen molar-refractivity contribution in [2.45, 2.75) is 12.5 Å². The van der Waals surface area contributed by atoms with Crippen molar-refractivity contribution in [1.82, 2.24) is 4.57 Å². The number of hydrogen-bond donors (Lipinski definition) is 1. The molecule has 0 radical (unpaired) electrons. The Morgan fingerprint density at radius 2 is 1.39 bits per heavy atom. The van der Waals surface area contributed by atoms with Crippen LogP contribution in [0.25, 0.3) is 16.6 Å². The number of para-hydroxylation sites is 3. The summed E-state index contributed by atoms with van der Waals surface area (Å²) in [6, 6.07) is 34.2. The van der Waals surface area contributed by atoms with Gasteiger partial charge in [-0.2, -0.15) is 5.10 Å². The average Bonchev–Trinajstić information content (AvgIpc) is 3.35. The minimum absolute atomic E-state index is 0.0497. The molecule has 1 aliphatic heterocycles. The molecule has 6 rings (SSSR count). The number of rotatable bonds is 4. The number of halogens is 1. The van der Waals surface area contributed by atoms with Crippen molar-refractivity contribution in [2.75, 3.05) is 5.01 Å². The topological polar surface area (TPSA) is 57.8 Å². The van der Waals surface area contributed by atoms with Gasteiger partial charge >= 0.3 is 0 Å². The molecule has 0 saturated heterocycles. The summed E-state index contributed by atoms with van der Waals surface area (Å²) in [6.07, 6.45) is 0.451. The zero-order chi connectivity index (χ0) is 24.6. The van der Waals surface area contributed by atoms with Crippen molar-refractivity contribution in [1.29, 1.82) is 0 Å². The minimum atomic E-state index is -0.305. The number of aromatic hydroxyl groups is 1. The molecule has 0 bridgehead atoms. The minimum Gasteiger partial charge on any atom is -0.506 e. The van der Waals surface area contributed by atoms with Gasteiger partial charge in [0.05, 0.1) is 23.0 Å². The molecular formula is C30H22ClN3O2. The van der Waals surface area contributed by atoms with Crippen LogP contribution in [-0.2, 0) is 0 Å². The van der Waals surface area contributed by atoms with Gasteiger partial charge in [0, 0.05) is 22.5 Å². The molecule has 4 aromatic carbocycles. The Hall–Kier alpha value is -4.35. The first-order valence-corrected chi connectivity index (χ1v) is 12.1. The molecule has 0 amide bonds. The fourth-order valence-corrected chi connectivity index (χ4v) is 4.97. The largest absolute Gasteiger partial charge is 0.506 e. The zero-order valence-electron chi connectivity index (χ0n) is 19.3. The van der Waals surface area contributed by atoms with Crippen molar-refractivity contribution >= 4 is 33.9 Å². The predicted molar refractivity (Wildman–Crippen MR) is 145 cm³/mol. The van der Waals surface area contributed by atoms with Crippen molar-refractivity contribution in [3.63, 3.8) is 0 Å². The van der Waals surface area contributed by atoms with E-state index < -0.39 is 0 Å². The van der Waals surface area contributed by atoms with Gasteiger partial charge in [-0.25, -0.2) is 0 Å². The van der Waals surface area contributed by atoms with Crippen LogP contribution in [0.3, 0.4) is 0 Å². The second kappa shape index (κ2) is 9.02. The van der Waals surface area contributed by atoms with Crippen molar-refractivity contribution in [3.05, 3.63) is 136 Å². The van der Waals surface area contributed by atoms with Crippen LogP contribution < -0.4 is 10.6 Å². The van der Waals surface area contributed by atoms with E-state index in [9.17, 15) is 9.90 Å². The van der Waals surface area contributed by atoms with Gasteiger partial charge in [0.1, 0.15) is 11.3 Å². The summed E-state index contributed by atoms with van der Waals surface area (Å²) in [5.41, 5.74) is 3.74. The predicted octanol–water partition coefficient (Wildman–Crippen LogP) is 6.71. The molecular weight excluding hydrogens is 470 g/mol. The standard InChI is InChI=1S/C30H22ClN3O2/c31-21-17-15-20(16-18-21)27-19-25(32-34(27)23-11-5-2-6-12-23)28-29(35)24-13-7-8-14-26(24)33(30(28)36)22-9-3-1-4-10-22/h1-18,27,35H,19H2. The molecule has 176 valence electrons. The fourth-order valence-electron chi connectivity index (χ4n) is 4.84. The summed E-state index contributed by atoms with van der Waals surface area (Å²) in [5, 5.41) is 19.5. The highest BCUT2D eigenvalue weighted by Crippen LogP contribution is 2.39. The maximum atomic E-state index is 14.0. The van der Waals surface area contributed by atoms with Crippen molar-refractivity contribution in [2.24, 2.45) is 5.10 Å². The molecule has 6 heteroatoms. The zero-order valence-corrected chi connectivity index (χ0v) is 20.0. The van der Waals surface area contributed by atoms with E-state index in [0.29, 0.717) is 28.1 Å². The first-order chi connectivity index (χ1) is 17.6. The monoisotopic (exact) mass is 491 g/mol. The lowest BCUT2D eigenvalue weighted by Crippen LogP contribution is -2.26. The third-order valence-electron chi connectivity index (χ3n) is 6.54. The quantitative estimate of drug-likeness (QED) is 0.304. The first kappa shape index (κ1) is 22.1. The Labute approximate surface area is 213 Å². The van der Waals surface area contributed by atoms with Gasteiger partial charge in [0.2, 0.25) is 0 Å². The molecule has 0 aliphatic carbocycles. The highest BCUT2D eigenvalue weighted by Gasteiger charge is 2.33. The van der Waals surface area contributed by atoms with Crippen LogP contribution in [-0.4, -0.2) is 15.4 Å². The summed E-state index contributed by atoms with van der Waals surface area (Å²) in [5.74, 6) is -0.0497. The number of aromatic nitrogens is 1. The molecule has 0 spiro atoms. The second-order valence-electron chi connectivity index (χ2n) is 8.72. The highest BCUT2D eigenvalue weighted by molar-refractivity contribution is 6.30. The molecule has 5 aromatic rings. The average molecular weight is 492 g/mol. The molecule has 0 fully saturated rings. The van der Waals surface area contributed by atoms with Crippen LogP contribution in [0.5, 0.6) is 5.75 Å². The van der Waals surface area contributed by atoms with Gasteiger partial charge in [0.15, 0.2) is 0 Å². The molecule has 2 heterocycles. The molecule has 1 aliphatic rings.